The van der Waals surface area contributed by atoms with Gasteiger partial charge in [-0.3, -0.25) is 0 Å². The standard InChI is InChI=1S/C12H18ClN3S/c1-2-15-5-7-16(8-6-15)11-4-3-10(9-17)12(13)14-11/h3-4,17H,2,5-9H2,1H3. The van der Waals surface area contributed by atoms with Crippen LogP contribution in [0.4, 0.5) is 5.82 Å². The second-order valence-electron chi connectivity index (χ2n) is 4.20. The van der Waals surface area contributed by atoms with Crippen LogP contribution in [0.3, 0.4) is 0 Å². The van der Waals surface area contributed by atoms with Gasteiger partial charge in [0.25, 0.3) is 0 Å². The topological polar surface area (TPSA) is 19.4 Å². The van der Waals surface area contributed by atoms with Crippen LogP contribution in [-0.4, -0.2) is 42.6 Å². The minimum Gasteiger partial charge on any atom is -0.354 e. The summed E-state index contributed by atoms with van der Waals surface area (Å²) in [7, 11) is 0. The van der Waals surface area contributed by atoms with Crippen LogP contribution in [0.15, 0.2) is 12.1 Å². The highest BCUT2D eigenvalue weighted by molar-refractivity contribution is 7.79. The fourth-order valence-electron chi connectivity index (χ4n) is 2.04. The number of piperazine rings is 1. The van der Waals surface area contributed by atoms with Crippen LogP contribution in [-0.2, 0) is 5.75 Å². The Morgan fingerprint density at radius 1 is 1.29 bits per heavy atom. The second-order valence-corrected chi connectivity index (χ2v) is 4.87. The average molecular weight is 272 g/mol. The minimum absolute atomic E-state index is 0.579. The maximum absolute atomic E-state index is 6.11. The Hall–Kier alpha value is -0.450. The SMILES string of the molecule is CCN1CCN(c2ccc(CS)c(Cl)n2)CC1. The van der Waals surface area contributed by atoms with Gasteiger partial charge in [-0.15, -0.1) is 0 Å². The zero-order valence-corrected chi connectivity index (χ0v) is 11.7. The summed E-state index contributed by atoms with van der Waals surface area (Å²) in [6, 6.07) is 4.06. The highest BCUT2D eigenvalue weighted by Gasteiger charge is 2.17. The highest BCUT2D eigenvalue weighted by atomic mass is 35.5. The molecule has 2 rings (SSSR count). The van der Waals surface area contributed by atoms with Crippen molar-refractivity contribution < 1.29 is 0 Å². The van der Waals surface area contributed by atoms with E-state index in [9.17, 15) is 0 Å². The Morgan fingerprint density at radius 3 is 2.53 bits per heavy atom. The van der Waals surface area contributed by atoms with E-state index in [2.05, 4.69) is 34.3 Å². The Labute approximate surface area is 113 Å². The van der Waals surface area contributed by atoms with Crippen LogP contribution >= 0.6 is 24.2 Å². The van der Waals surface area contributed by atoms with Crippen LogP contribution in [0.2, 0.25) is 5.15 Å². The molecule has 1 aliphatic rings. The van der Waals surface area contributed by atoms with Gasteiger partial charge in [-0.05, 0) is 18.2 Å². The number of aromatic nitrogens is 1. The lowest BCUT2D eigenvalue weighted by Gasteiger charge is -2.34. The molecule has 0 aromatic carbocycles. The van der Waals surface area contributed by atoms with Gasteiger partial charge in [-0.2, -0.15) is 12.6 Å². The molecule has 0 bridgehead atoms. The Morgan fingerprint density at radius 2 is 2.00 bits per heavy atom. The number of pyridine rings is 1. The summed E-state index contributed by atoms with van der Waals surface area (Å²) >= 11 is 10.3. The van der Waals surface area contributed by atoms with Gasteiger partial charge < -0.3 is 9.80 Å². The molecule has 0 atom stereocenters. The monoisotopic (exact) mass is 271 g/mol. The molecule has 1 fully saturated rings. The first-order valence-corrected chi connectivity index (χ1v) is 6.99. The lowest BCUT2D eigenvalue weighted by Crippen LogP contribution is -2.46. The third-order valence-electron chi connectivity index (χ3n) is 3.23. The zero-order valence-electron chi connectivity index (χ0n) is 10.1. The van der Waals surface area contributed by atoms with Gasteiger partial charge in [0.15, 0.2) is 0 Å². The maximum Gasteiger partial charge on any atom is 0.135 e. The molecule has 3 nitrogen and oxygen atoms in total. The lowest BCUT2D eigenvalue weighted by molar-refractivity contribution is 0.270. The number of anilines is 1. The fraction of sp³-hybridized carbons (Fsp3) is 0.583. The van der Waals surface area contributed by atoms with Crippen molar-refractivity contribution in [2.24, 2.45) is 0 Å². The third-order valence-corrected chi connectivity index (χ3v) is 3.89. The van der Waals surface area contributed by atoms with Crippen molar-refractivity contribution in [3.8, 4) is 0 Å². The zero-order chi connectivity index (χ0) is 12.3. The molecule has 17 heavy (non-hydrogen) atoms. The van der Waals surface area contributed by atoms with E-state index in [1.807, 2.05) is 12.1 Å². The van der Waals surface area contributed by atoms with Crippen molar-refractivity contribution in [2.45, 2.75) is 12.7 Å². The predicted molar refractivity (Wildman–Crippen MR) is 76.3 cm³/mol. The number of hydrogen-bond donors (Lipinski definition) is 1. The van der Waals surface area contributed by atoms with Gasteiger partial charge in [0.1, 0.15) is 11.0 Å². The number of likely N-dealkylation sites (N-methyl/N-ethyl adjacent to an activating group) is 1. The van der Waals surface area contributed by atoms with E-state index in [-0.39, 0.29) is 0 Å². The molecule has 0 spiro atoms. The van der Waals surface area contributed by atoms with Crippen LogP contribution in [0.5, 0.6) is 0 Å². The molecular weight excluding hydrogens is 254 g/mol. The van der Waals surface area contributed by atoms with Crippen molar-refractivity contribution in [3.63, 3.8) is 0 Å². The van der Waals surface area contributed by atoms with Gasteiger partial charge in [0, 0.05) is 31.9 Å². The molecule has 0 N–H and O–H groups in total. The Balaban J connectivity index is 2.06. The van der Waals surface area contributed by atoms with E-state index in [1.54, 1.807) is 0 Å². The number of rotatable bonds is 3. The van der Waals surface area contributed by atoms with E-state index >= 15 is 0 Å². The van der Waals surface area contributed by atoms with Crippen molar-refractivity contribution >= 4 is 30.0 Å². The summed E-state index contributed by atoms with van der Waals surface area (Å²) in [5, 5.41) is 0.579. The molecule has 1 aromatic rings. The lowest BCUT2D eigenvalue weighted by atomic mass is 10.2. The molecule has 0 radical (unpaired) electrons. The van der Waals surface area contributed by atoms with Gasteiger partial charge in [-0.25, -0.2) is 4.98 Å². The number of thiol groups is 1. The largest absolute Gasteiger partial charge is 0.354 e. The van der Waals surface area contributed by atoms with Gasteiger partial charge in [-0.1, -0.05) is 24.6 Å². The van der Waals surface area contributed by atoms with Gasteiger partial charge >= 0.3 is 0 Å². The van der Waals surface area contributed by atoms with Crippen molar-refractivity contribution in [1.29, 1.82) is 0 Å². The summed E-state index contributed by atoms with van der Waals surface area (Å²) in [5.41, 5.74) is 0.992. The van der Waals surface area contributed by atoms with E-state index in [1.165, 1.54) is 0 Å². The molecule has 2 heterocycles. The molecule has 94 valence electrons. The quantitative estimate of drug-likeness (QED) is 0.673. The van der Waals surface area contributed by atoms with Crippen LogP contribution < -0.4 is 4.90 Å². The number of nitrogens with zero attached hydrogens (tertiary/aromatic N) is 3. The Bertz CT molecular complexity index is 378. The summed E-state index contributed by atoms with van der Waals surface area (Å²) in [6.07, 6.45) is 0. The first-order chi connectivity index (χ1) is 8.24. The minimum atomic E-state index is 0.579. The van der Waals surface area contributed by atoms with Gasteiger partial charge in [0.05, 0.1) is 0 Å². The smallest absolute Gasteiger partial charge is 0.135 e. The van der Waals surface area contributed by atoms with Crippen molar-refractivity contribution in [3.05, 3.63) is 22.8 Å². The summed E-state index contributed by atoms with van der Waals surface area (Å²) in [4.78, 5) is 9.18. The molecule has 0 aliphatic carbocycles. The molecule has 1 aliphatic heterocycles. The van der Waals surface area contributed by atoms with E-state index in [4.69, 9.17) is 11.6 Å². The summed E-state index contributed by atoms with van der Waals surface area (Å²) in [6.45, 7) is 7.58. The van der Waals surface area contributed by atoms with E-state index in [0.29, 0.717) is 10.9 Å². The van der Waals surface area contributed by atoms with E-state index in [0.717, 1.165) is 44.1 Å². The molecule has 0 unspecified atom stereocenters. The normalized spacial score (nSPS) is 17.5. The average Bonchev–Trinajstić information content (AvgIpc) is 2.39. The molecule has 0 saturated carbocycles. The van der Waals surface area contributed by atoms with Crippen LogP contribution in [0, 0.1) is 0 Å². The third kappa shape index (κ3) is 3.06. The molecule has 1 aromatic heterocycles. The molecule has 0 amide bonds. The van der Waals surface area contributed by atoms with Gasteiger partial charge in [0.2, 0.25) is 0 Å². The first kappa shape index (κ1) is 13.0. The second kappa shape index (κ2) is 5.94. The van der Waals surface area contributed by atoms with Crippen molar-refractivity contribution in [2.75, 3.05) is 37.6 Å². The van der Waals surface area contributed by atoms with Crippen molar-refractivity contribution in [1.82, 2.24) is 9.88 Å². The number of hydrogen-bond acceptors (Lipinski definition) is 4. The highest BCUT2D eigenvalue weighted by Crippen LogP contribution is 2.21. The van der Waals surface area contributed by atoms with E-state index < -0.39 is 0 Å². The first-order valence-electron chi connectivity index (χ1n) is 5.98. The fourth-order valence-corrected chi connectivity index (χ4v) is 2.61. The molecular formula is C12H18ClN3S. The maximum atomic E-state index is 6.11. The summed E-state index contributed by atoms with van der Waals surface area (Å²) < 4.78 is 0. The number of halogens is 1. The molecule has 5 heteroatoms. The van der Waals surface area contributed by atoms with Crippen LogP contribution in [0.25, 0.3) is 0 Å². The predicted octanol–water partition coefficient (Wildman–Crippen LogP) is 2.31. The van der Waals surface area contributed by atoms with Crippen LogP contribution in [0.1, 0.15) is 12.5 Å². The molecule has 1 saturated heterocycles. The Kier molecular flexibility index (Phi) is 4.54. The summed E-state index contributed by atoms with van der Waals surface area (Å²) in [5.74, 6) is 1.62.